The Labute approximate surface area is 118 Å². The number of hydrogen-bond donors (Lipinski definition) is 1. The van der Waals surface area contributed by atoms with Crippen LogP contribution in [0.4, 0.5) is 0 Å². The first-order chi connectivity index (χ1) is 9.54. The fraction of sp³-hybridized carbons (Fsp3) is 0.462. The summed E-state index contributed by atoms with van der Waals surface area (Å²) in [5.74, 6) is 0.505. The van der Waals surface area contributed by atoms with E-state index in [1.807, 2.05) is 0 Å². The molecule has 0 saturated heterocycles. The van der Waals surface area contributed by atoms with Gasteiger partial charge < -0.3 is 19.0 Å². The molecule has 112 valence electrons. The molecule has 0 heterocycles. The van der Waals surface area contributed by atoms with E-state index in [1.165, 1.54) is 0 Å². The molecule has 0 aliphatic heterocycles. The summed E-state index contributed by atoms with van der Waals surface area (Å²) in [4.78, 5) is 0. The van der Waals surface area contributed by atoms with Crippen LogP contribution in [-0.2, 0) is 13.6 Å². The van der Waals surface area contributed by atoms with Gasteiger partial charge in [0, 0.05) is 5.56 Å². The van der Waals surface area contributed by atoms with Crippen LogP contribution in [0, 0.1) is 0 Å². The second kappa shape index (κ2) is 8.04. The van der Waals surface area contributed by atoms with Crippen molar-refractivity contribution in [2.24, 2.45) is 5.16 Å². The van der Waals surface area contributed by atoms with E-state index in [1.54, 1.807) is 45.0 Å². The molecule has 0 atom stereocenters. The molecule has 20 heavy (non-hydrogen) atoms. The Morgan fingerprint density at radius 3 is 2.50 bits per heavy atom. The molecule has 0 aromatic heterocycles. The quantitative estimate of drug-likeness (QED) is 0.344. The SMILES string of the molecule is CCOP(=O)(COc1cccc(/C(C)=N/O)c1)OCC. The van der Waals surface area contributed by atoms with Crippen molar-refractivity contribution in [1.29, 1.82) is 0 Å². The van der Waals surface area contributed by atoms with Crippen molar-refractivity contribution >= 4 is 13.3 Å². The molecule has 0 unspecified atom stereocenters. The van der Waals surface area contributed by atoms with Crippen molar-refractivity contribution < 1.29 is 23.6 Å². The van der Waals surface area contributed by atoms with Gasteiger partial charge in [0.05, 0.1) is 18.9 Å². The molecule has 6 nitrogen and oxygen atoms in total. The molecule has 1 rings (SSSR count). The summed E-state index contributed by atoms with van der Waals surface area (Å²) in [6.07, 6.45) is -0.159. The number of benzene rings is 1. The van der Waals surface area contributed by atoms with E-state index in [4.69, 9.17) is 19.0 Å². The summed E-state index contributed by atoms with van der Waals surface area (Å²) in [6.45, 7) is 5.74. The average Bonchev–Trinajstić information content (AvgIpc) is 2.45. The maximum atomic E-state index is 12.2. The van der Waals surface area contributed by atoms with E-state index in [9.17, 15) is 4.57 Å². The number of oxime groups is 1. The zero-order valence-electron chi connectivity index (χ0n) is 11.9. The van der Waals surface area contributed by atoms with Crippen molar-refractivity contribution in [1.82, 2.24) is 0 Å². The van der Waals surface area contributed by atoms with Crippen LogP contribution in [0.25, 0.3) is 0 Å². The van der Waals surface area contributed by atoms with Crippen molar-refractivity contribution in [2.45, 2.75) is 20.8 Å². The van der Waals surface area contributed by atoms with Gasteiger partial charge in [-0.3, -0.25) is 4.57 Å². The first-order valence-electron chi connectivity index (χ1n) is 6.34. The van der Waals surface area contributed by atoms with Crippen molar-refractivity contribution in [3.8, 4) is 5.75 Å². The lowest BCUT2D eigenvalue weighted by molar-refractivity contribution is 0.197. The van der Waals surface area contributed by atoms with Gasteiger partial charge in [-0.25, -0.2) is 0 Å². The molecule has 1 N–H and O–H groups in total. The summed E-state index contributed by atoms with van der Waals surface area (Å²) in [5, 5.41) is 11.9. The number of hydrogen-bond acceptors (Lipinski definition) is 6. The van der Waals surface area contributed by atoms with Gasteiger partial charge in [0.15, 0.2) is 6.35 Å². The fourth-order valence-corrected chi connectivity index (χ4v) is 2.85. The van der Waals surface area contributed by atoms with E-state index < -0.39 is 7.60 Å². The van der Waals surface area contributed by atoms with Crippen LogP contribution in [0.1, 0.15) is 26.3 Å². The van der Waals surface area contributed by atoms with Gasteiger partial charge in [0.1, 0.15) is 5.75 Å². The highest BCUT2D eigenvalue weighted by molar-refractivity contribution is 7.53. The van der Waals surface area contributed by atoms with Crippen LogP contribution in [0.3, 0.4) is 0 Å². The lowest BCUT2D eigenvalue weighted by atomic mass is 10.1. The highest BCUT2D eigenvalue weighted by atomic mass is 31.2. The molecular weight excluding hydrogens is 281 g/mol. The number of rotatable bonds is 8. The minimum atomic E-state index is -3.23. The average molecular weight is 301 g/mol. The minimum absolute atomic E-state index is 0.159. The molecule has 0 spiro atoms. The van der Waals surface area contributed by atoms with Crippen LogP contribution in [0.5, 0.6) is 5.75 Å². The van der Waals surface area contributed by atoms with Gasteiger partial charge in [-0.2, -0.15) is 0 Å². The molecule has 0 bridgehead atoms. The van der Waals surface area contributed by atoms with E-state index in [-0.39, 0.29) is 19.6 Å². The Morgan fingerprint density at radius 2 is 1.95 bits per heavy atom. The fourth-order valence-electron chi connectivity index (χ4n) is 1.53. The van der Waals surface area contributed by atoms with E-state index >= 15 is 0 Å². The van der Waals surface area contributed by atoms with Gasteiger partial charge in [0.2, 0.25) is 0 Å². The standard InChI is InChI=1S/C13H20NO5P/c1-4-18-20(16,19-5-2)10-17-13-8-6-7-12(9-13)11(3)14-15/h6-9,15H,4-5,10H2,1-3H3/b14-11+. The predicted octanol–water partition coefficient (Wildman–Crippen LogP) is 3.49. The van der Waals surface area contributed by atoms with Gasteiger partial charge in [0.25, 0.3) is 0 Å². The van der Waals surface area contributed by atoms with Crippen LogP contribution in [-0.4, -0.2) is 30.5 Å². The van der Waals surface area contributed by atoms with Crippen LogP contribution in [0.15, 0.2) is 29.4 Å². The maximum absolute atomic E-state index is 12.2. The van der Waals surface area contributed by atoms with E-state index in [0.29, 0.717) is 17.0 Å². The second-order valence-electron chi connectivity index (χ2n) is 3.93. The zero-order chi connectivity index (χ0) is 15.0. The van der Waals surface area contributed by atoms with Crippen LogP contribution >= 0.6 is 7.60 Å². The zero-order valence-corrected chi connectivity index (χ0v) is 12.8. The summed E-state index contributed by atoms with van der Waals surface area (Å²) < 4.78 is 28.0. The van der Waals surface area contributed by atoms with Crippen molar-refractivity contribution in [3.63, 3.8) is 0 Å². The normalized spacial score (nSPS) is 12.4. The molecule has 1 aromatic carbocycles. The smallest absolute Gasteiger partial charge is 0.367 e. The summed E-state index contributed by atoms with van der Waals surface area (Å²) in [5.41, 5.74) is 1.18. The molecule has 0 aliphatic carbocycles. The minimum Gasteiger partial charge on any atom is -0.481 e. The Hall–Kier alpha value is -1.36. The van der Waals surface area contributed by atoms with Gasteiger partial charge in [-0.15, -0.1) is 0 Å². The monoisotopic (exact) mass is 301 g/mol. The molecule has 7 heteroatoms. The molecule has 0 aliphatic rings. The Bertz CT molecular complexity index is 493. The third-order valence-corrected chi connectivity index (χ3v) is 4.19. The van der Waals surface area contributed by atoms with E-state index in [0.717, 1.165) is 0 Å². The highest BCUT2D eigenvalue weighted by Crippen LogP contribution is 2.47. The van der Waals surface area contributed by atoms with Crippen LogP contribution < -0.4 is 4.74 Å². The van der Waals surface area contributed by atoms with Gasteiger partial charge in [-0.05, 0) is 32.9 Å². The third-order valence-electron chi connectivity index (χ3n) is 2.44. The van der Waals surface area contributed by atoms with E-state index in [2.05, 4.69) is 5.16 Å². The predicted molar refractivity (Wildman–Crippen MR) is 76.8 cm³/mol. The molecule has 0 fully saturated rings. The molecule has 0 radical (unpaired) electrons. The number of ether oxygens (including phenoxy) is 1. The van der Waals surface area contributed by atoms with Crippen molar-refractivity contribution in [2.75, 3.05) is 19.6 Å². The molecule has 0 amide bonds. The topological polar surface area (TPSA) is 77.4 Å². The van der Waals surface area contributed by atoms with Gasteiger partial charge >= 0.3 is 7.60 Å². The Balaban J connectivity index is 2.76. The maximum Gasteiger partial charge on any atom is 0.367 e. The summed E-state index contributed by atoms with van der Waals surface area (Å²) >= 11 is 0. The third kappa shape index (κ3) is 4.96. The molecule has 1 aromatic rings. The first kappa shape index (κ1) is 16.7. The lowest BCUT2D eigenvalue weighted by Crippen LogP contribution is -2.06. The van der Waals surface area contributed by atoms with Gasteiger partial charge in [-0.1, -0.05) is 17.3 Å². The Morgan fingerprint density at radius 1 is 1.30 bits per heavy atom. The highest BCUT2D eigenvalue weighted by Gasteiger charge is 2.24. The molecular formula is C13H20NO5P. The lowest BCUT2D eigenvalue weighted by Gasteiger charge is -2.17. The summed E-state index contributed by atoms with van der Waals surface area (Å²) in [7, 11) is -3.23. The molecule has 0 saturated carbocycles. The van der Waals surface area contributed by atoms with Crippen molar-refractivity contribution in [3.05, 3.63) is 29.8 Å². The summed E-state index contributed by atoms with van der Waals surface area (Å²) in [6, 6.07) is 6.95. The Kier molecular flexibility index (Phi) is 6.71. The second-order valence-corrected chi connectivity index (χ2v) is 5.93. The largest absolute Gasteiger partial charge is 0.481 e. The first-order valence-corrected chi connectivity index (χ1v) is 8.07. The van der Waals surface area contributed by atoms with Crippen LogP contribution in [0.2, 0.25) is 0 Å². The number of nitrogens with zero attached hydrogens (tertiary/aromatic N) is 1.